The third kappa shape index (κ3) is 3.48. The standard InChI is InChI=1S/C13H16ClN5O2/c1-8-17-12(21-19-8)11(9-2-4-20-5-3-9)18-13-15-6-10(14)7-16-13/h6-7,9,11H,2-5H2,1H3,(H,15,16,18)/t11-/m1/s1. The summed E-state index contributed by atoms with van der Waals surface area (Å²) in [5, 5.41) is 7.64. The Labute approximate surface area is 127 Å². The van der Waals surface area contributed by atoms with Crippen LogP contribution in [0, 0.1) is 12.8 Å². The number of anilines is 1. The van der Waals surface area contributed by atoms with E-state index in [1.807, 2.05) is 0 Å². The number of nitrogens with one attached hydrogen (secondary N) is 1. The molecule has 1 saturated heterocycles. The van der Waals surface area contributed by atoms with Crippen molar-refractivity contribution >= 4 is 17.5 Å². The summed E-state index contributed by atoms with van der Waals surface area (Å²) in [5.41, 5.74) is 0. The monoisotopic (exact) mass is 309 g/mol. The summed E-state index contributed by atoms with van der Waals surface area (Å²) in [6.45, 7) is 3.27. The van der Waals surface area contributed by atoms with Crippen molar-refractivity contribution in [1.29, 1.82) is 0 Å². The summed E-state index contributed by atoms with van der Waals surface area (Å²) >= 11 is 5.81. The second-order valence-electron chi connectivity index (χ2n) is 4.98. The maximum absolute atomic E-state index is 5.81. The van der Waals surface area contributed by atoms with Crippen LogP contribution in [0.1, 0.15) is 30.6 Å². The van der Waals surface area contributed by atoms with E-state index in [-0.39, 0.29) is 6.04 Å². The second kappa shape index (κ2) is 6.36. The fourth-order valence-electron chi connectivity index (χ4n) is 2.40. The highest BCUT2D eigenvalue weighted by Crippen LogP contribution is 2.31. The summed E-state index contributed by atoms with van der Waals surface area (Å²) in [7, 11) is 0. The van der Waals surface area contributed by atoms with Gasteiger partial charge in [-0.3, -0.25) is 0 Å². The van der Waals surface area contributed by atoms with Crippen molar-refractivity contribution in [3.8, 4) is 0 Å². The minimum Gasteiger partial charge on any atom is -0.381 e. The van der Waals surface area contributed by atoms with E-state index < -0.39 is 0 Å². The SMILES string of the molecule is Cc1noc([C@H](Nc2ncc(Cl)cn2)C2CCOCC2)n1. The molecule has 8 heteroatoms. The molecule has 0 bridgehead atoms. The van der Waals surface area contributed by atoms with Crippen LogP contribution in [0.4, 0.5) is 5.95 Å². The van der Waals surface area contributed by atoms with Crippen molar-refractivity contribution in [3.05, 3.63) is 29.1 Å². The third-order valence-corrected chi connectivity index (χ3v) is 3.65. The molecule has 1 aliphatic heterocycles. The highest BCUT2D eigenvalue weighted by Gasteiger charge is 2.30. The van der Waals surface area contributed by atoms with Gasteiger partial charge in [0, 0.05) is 13.2 Å². The van der Waals surface area contributed by atoms with Gasteiger partial charge in [0.25, 0.3) is 0 Å². The summed E-state index contributed by atoms with van der Waals surface area (Å²) in [6, 6.07) is -0.128. The van der Waals surface area contributed by atoms with Gasteiger partial charge >= 0.3 is 0 Å². The minimum absolute atomic E-state index is 0.128. The normalized spacial score (nSPS) is 17.6. The van der Waals surface area contributed by atoms with Crippen molar-refractivity contribution in [2.45, 2.75) is 25.8 Å². The van der Waals surface area contributed by atoms with Gasteiger partial charge in [0.1, 0.15) is 6.04 Å². The molecule has 7 nitrogen and oxygen atoms in total. The Balaban J connectivity index is 1.82. The Morgan fingerprint density at radius 1 is 1.29 bits per heavy atom. The molecule has 3 rings (SSSR count). The van der Waals surface area contributed by atoms with Gasteiger partial charge in [-0.15, -0.1) is 0 Å². The Kier molecular flexibility index (Phi) is 4.31. The maximum Gasteiger partial charge on any atom is 0.249 e. The van der Waals surface area contributed by atoms with Gasteiger partial charge in [0.15, 0.2) is 5.82 Å². The van der Waals surface area contributed by atoms with Gasteiger partial charge in [-0.25, -0.2) is 9.97 Å². The first-order valence-electron chi connectivity index (χ1n) is 6.84. The van der Waals surface area contributed by atoms with E-state index in [1.54, 1.807) is 19.3 Å². The quantitative estimate of drug-likeness (QED) is 0.928. The van der Waals surface area contributed by atoms with E-state index >= 15 is 0 Å². The molecule has 0 unspecified atom stereocenters. The predicted octanol–water partition coefficient (Wildman–Crippen LogP) is 2.40. The van der Waals surface area contributed by atoms with E-state index in [9.17, 15) is 0 Å². The summed E-state index contributed by atoms with van der Waals surface area (Å²) in [6.07, 6.45) is 4.95. The van der Waals surface area contributed by atoms with Crippen LogP contribution >= 0.6 is 11.6 Å². The van der Waals surface area contributed by atoms with E-state index in [1.165, 1.54) is 0 Å². The first-order valence-corrected chi connectivity index (χ1v) is 7.22. The first kappa shape index (κ1) is 14.2. The molecule has 1 aliphatic rings. The molecule has 2 aromatic heterocycles. The number of aryl methyl sites for hydroxylation is 1. The molecule has 21 heavy (non-hydrogen) atoms. The Bertz CT molecular complexity index is 583. The summed E-state index contributed by atoms with van der Waals surface area (Å²) in [4.78, 5) is 12.7. The zero-order valence-electron chi connectivity index (χ0n) is 11.6. The van der Waals surface area contributed by atoms with E-state index in [2.05, 4.69) is 25.4 Å². The topological polar surface area (TPSA) is 86.0 Å². The lowest BCUT2D eigenvalue weighted by Gasteiger charge is -2.28. The molecule has 1 atom stereocenters. The number of nitrogens with zero attached hydrogens (tertiary/aromatic N) is 4. The van der Waals surface area contributed by atoms with Crippen LogP contribution in [0.3, 0.4) is 0 Å². The summed E-state index contributed by atoms with van der Waals surface area (Å²) < 4.78 is 10.7. The predicted molar refractivity (Wildman–Crippen MR) is 76.0 cm³/mol. The molecule has 2 aromatic rings. The van der Waals surface area contributed by atoms with E-state index in [0.29, 0.717) is 28.6 Å². The molecule has 0 aromatic carbocycles. The van der Waals surface area contributed by atoms with Crippen LogP contribution in [0.5, 0.6) is 0 Å². The van der Waals surface area contributed by atoms with Gasteiger partial charge in [0.05, 0.1) is 17.4 Å². The molecule has 112 valence electrons. The molecule has 0 aliphatic carbocycles. The second-order valence-corrected chi connectivity index (χ2v) is 5.41. The number of halogens is 1. The van der Waals surface area contributed by atoms with Crippen molar-refractivity contribution in [2.75, 3.05) is 18.5 Å². The van der Waals surface area contributed by atoms with Crippen LogP contribution in [0.15, 0.2) is 16.9 Å². The fraction of sp³-hybridized carbons (Fsp3) is 0.538. The van der Waals surface area contributed by atoms with Gasteiger partial charge in [-0.1, -0.05) is 16.8 Å². The zero-order chi connectivity index (χ0) is 14.7. The van der Waals surface area contributed by atoms with Crippen LogP contribution in [-0.4, -0.2) is 33.3 Å². The molecule has 0 radical (unpaired) electrons. The molecular weight excluding hydrogens is 294 g/mol. The van der Waals surface area contributed by atoms with Crippen molar-refractivity contribution in [1.82, 2.24) is 20.1 Å². The van der Waals surface area contributed by atoms with Crippen molar-refractivity contribution in [3.63, 3.8) is 0 Å². The number of hydrogen-bond donors (Lipinski definition) is 1. The average Bonchev–Trinajstić information content (AvgIpc) is 2.94. The largest absolute Gasteiger partial charge is 0.381 e. The van der Waals surface area contributed by atoms with Crippen LogP contribution < -0.4 is 5.32 Å². The van der Waals surface area contributed by atoms with Gasteiger partial charge < -0.3 is 14.6 Å². The van der Waals surface area contributed by atoms with Gasteiger partial charge in [-0.2, -0.15) is 4.98 Å². The highest BCUT2D eigenvalue weighted by molar-refractivity contribution is 6.30. The lowest BCUT2D eigenvalue weighted by atomic mass is 9.91. The molecule has 1 N–H and O–H groups in total. The fourth-order valence-corrected chi connectivity index (χ4v) is 2.49. The Morgan fingerprint density at radius 2 is 2.00 bits per heavy atom. The number of rotatable bonds is 4. The average molecular weight is 310 g/mol. The maximum atomic E-state index is 5.81. The first-order chi connectivity index (χ1) is 10.2. The third-order valence-electron chi connectivity index (χ3n) is 3.45. The smallest absolute Gasteiger partial charge is 0.249 e. The Hall–Kier alpha value is -1.73. The van der Waals surface area contributed by atoms with Crippen molar-refractivity contribution < 1.29 is 9.26 Å². The molecule has 1 fully saturated rings. The van der Waals surface area contributed by atoms with Gasteiger partial charge in [-0.05, 0) is 25.7 Å². The lowest BCUT2D eigenvalue weighted by Crippen LogP contribution is -2.28. The molecule has 0 amide bonds. The highest BCUT2D eigenvalue weighted by atomic mass is 35.5. The van der Waals surface area contributed by atoms with Crippen LogP contribution in [-0.2, 0) is 4.74 Å². The Morgan fingerprint density at radius 3 is 2.62 bits per heavy atom. The van der Waals surface area contributed by atoms with E-state index in [4.69, 9.17) is 20.9 Å². The number of hydrogen-bond acceptors (Lipinski definition) is 7. The van der Waals surface area contributed by atoms with Crippen molar-refractivity contribution in [2.24, 2.45) is 5.92 Å². The number of ether oxygens (including phenoxy) is 1. The lowest BCUT2D eigenvalue weighted by molar-refractivity contribution is 0.0570. The summed E-state index contributed by atoms with van der Waals surface area (Å²) in [5.74, 6) is 1.99. The molecular formula is C13H16ClN5O2. The van der Waals surface area contributed by atoms with Crippen LogP contribution in [0.2, 0.25) is 5.02 Å². The minimum atomic E-state index is -0.128. The zero-order valence-corrected chi connectivity index (χ0v) is 12.4. The van der Waals surface area contributed by atoms with Gasteiger partial charge in [0.2, 0.25) is 11.8 Å². The van der Waals surface area contributed by atoms with E-state index in [0.717, 1.165) is 26.1 Å². The molecule has 0 spiro atoms. The number of aromatic nitrogens is 4. The molecule has 3 heterocycles. The van der Waals surface area contributed by atoms with Crippen LogP contribution in [0.25, 0.3) is 0 Å². The molecule has 0 saturated carbocycles.